The third-order valence-corrected chi connectivity index (χ3v) is 3.02. The predicted octanol–water partition coefficient (Wildman–Crippen LogP) is 2.84. The lowest BCUT2D eigenvalue weighted by Gasteiger charge is -2.19. The van der Waals surface area contributed by atoms with Gasteiger partial charge in [0.05, 0.1) is 11.6 Å². The molecule has 0 amide bonds. The minimum atomic E-state index is -4.39. The van der Waals surface area contributed by atoms with Gasteiger partial charge in [0, 0.05) is 5.69 Å². The Morgan fingerprint density at radius 1 is 1.00 bits per heavy atom. The molecule has 0 aliphatic rings. The van der Waals surface area contributed by atoms with E-state index < -0.39 is 17.8 Å². The van der Waals surface area contributed by atoms with Gasteiger partial charge in [0.1, 0.15) is 0 Å². The number of nitrogen functional groups attached to an aromatic ring is 1. The zero-order valence-electron chi connectivity index (χ0n) is 10.5. The van der Waals surface area contributed by atoms with Gasteiger partial charge in [-0.25, -0.2) is 5.43 Å². The Kier molecular flexibility index (Phi) is 3.96. The molecule has 5 N–H and O–H groups in total. The molecule has 0 aliphatic heterocycles. The standard InChI is InChI=1S/C14H14F3N3/c15-14(16,17)10-5-3-4-9(8-10)13(20-19)11-6-1-2-7-12(11)18/h1-8,13,20H,18-19H2. The van der Waals surface area contributed by atoms with Crippen LogP contribution in [0.15, 0.2) is 48.5 Å². The van der Waals surface area contributed by atoms with Crippen LogP contribution in [0.4, 0.5) is 18.9 Å². The van der Waals surface area contributed by atoms with Gasteiger partial charge in [0.15, 0.2) is 0 Å². The number of hydrazine groups is 1. The summed E-state index contributed by atoms with van der Waals surface area (Å²) in [5, 5.41) is 0. The van der Waals surface area contributed by atoms with E-state index in [1.54, 1.807) is 30.3 Å². The fourth-order valence-electron chi connectivity index (χ4n) is 2.03. The molecule has 0 fully saturated rings. The lowest BCUT2D eigenvalue weighted by molar-refractivity contribution is -0.137. The van der Waals surface area contributed by atoms with Gasteiger partial charge in [-0.15, -0.1) is 0 Å². The molecular formula is C14H14F3N3. The van der Waals surface area contributed by atoms with Crippen LogP contribution in [0.25, 0.3) is 0 Å². The van der Waals surface area contributed by atoms with E-state index >= 15 is 0 Å². The number of para-hydroxylation sites is 1. The smallest absolute Gasteiger partial charge is 0.398 e. The number of nitrogens with one attached hydrogen (secondary N) is 1. The van der Waals surface area contributed by atoms with Crippen molar-refractivity contribution in [1.29, 1.82) is 0 Å². The van der Waals surface area contributed by atoms with Gasteiger partial charge in [0.25, 0.3) is 0 Å². The molecule has 2 aromatic rings. The molecule has 3 nitrogen and oxygen atoms in total. The predicted molar refractivity (Wildman–Crippen MR) is 71.5 cm³/mol. The first-order valence-electron chi connectivity index (χ1n) is 5.91. The Balaban J connectivity index is 2.46. The third-order valence-electron chi connectivity index (χ3n) is 3.02. The van der Waals surface area contributed by atoms with E-state index in [4.69, 9.17) is 11.6 Å². The van der Waals surface area contributed by atoms with Gasteiger partial charge in [-0.05, 0) is 29.3 Å². The fraction of sp³-hybridized carbons (Fsp3) is 0.143. The summed E-state index contributed by atoms with van der Waals surface area (Å²) < 4.78 is 38.2. The van der Waals surface area contributed by atoms with Crippen molar-refractivity contribution in [3.05, 3.63) is 65.2 Å². The molecule has 1 atom stereocenters. The SMILES string of the molecule is NNC(c1cccc(C(F)(F)F)c1)c1ccccc1N. The van der Waals surface area contributed by atoms with Crippen LogP contribution < -0.4 is 17.0 Å². The van der Waals surface area contributed by atoms with Crippen molar-refractivity contribution in [3.63, 3.8) is 0 Å². The first kappa shape index (κ1) is 14.4. The van der Waals surface area contributed by atoms with Crippen molar-refractivity contribution in [2.75, 3.05) is 5.73 Å². The summed E-state index contributed by atoms with van der Waals surface area (Å²) in [5.74, 6) is 5.48. The Bertz CT molecular complexity index is 596. The molecule has 2 aromatic carbocycles. The zero-order chi connectivity index (χ0) is 14.8. The van der Waals surface area contributed by atoms with Crippen LogP contribution in [-0.4, -0.2) is 0 Å². The number of halogens is 3. The summed E-state index contributed by atoms with van der Waals surface area (Å²) in [5.41, 5.74) is 9.13. The van der Waals surface area contributed by atoms with Crippen LogP contribution in [0.3, 0.4) is 0 Å². The topological polar surface area (TPSA) is 64.1 Å². The Morgan fingerprint density at radius 3 is 2.30 bits per heavy atom. The molecule has 0 saturated carbocycles. The average Bonchev–Trinajstić information content (AvgIpc) is 2.41. The summed E-state index contributed by atoms with van der Waals surface area (Å²) in [6.07, 6.45) is -4.39. The van der Waals surface area contributed by atoms with E-state index in [2.05, 4.69) is 5.43 Å². The molecule has 0 bridgehead atoms. The van der Waals surface area contributed by atoms with Gasteiger partial charge in [-0.1, -0.05) is 30.3 Å². The van der Waals surface area contributed by atoms with E-state index in [1.165, 1.54) is 6.07 Å². The first-order chi connectivity index (χ1) is 9.43. The molecule has 0 aromatic heterocycles. The van der Waals surface area contributed by atoms with E-state index in [0.29, 0.717) is 16.8 Å². The number of hydrogen-bond donors (Lipinski definition) is 3. The van der Waals surface area contributed by atoms with Crippen molar-refractivity contribution >= 4 is 5.69 Å². The maximum absolute atomic E-state index is 12.7. The lowest BCUT2D eigenvalue weighted by atomic mass is 9.96. The van der Waals surface area contributed by atoms with Crippen molar-refractivity contribution in [1.82, 2.24) is 5.43 Å². The molecular weight excluding hydrogens is 267 g/mol. The average molecular weight is 281 g/mol. The monoisotopic (exact) mass is 281 g/mol. The highest BCUT2D eigenvalue weighted by Gasteiger charge is 2.31. The van der Waals surface area contributed by atoms with E-state index in [0.717, 1.165) is 12.1 Å². The van der Waals surface area contributed by atoms with Gasteiger partial charge < -0.3 is 5.73 Å². The minimum Gasteiger partial charge on any atom is -0.398 e. The second-order valence-corrected chi connectivity index (χ2v) is 4.35. The van der Waals surface area contributed by atoms with Gasteiger partial charge in [-0.3, -0.25) is 5.84 Å². The Labute approximate surface area is 114 Å². The molecule has 0 aliphatic carbocycles. The highest BCUT2D eigenvalue weighted by atomic mass is 19.4. The molecule has 1 unspecified atom stereocenters. The molecule has 2 rings (SSSR count). The van der Waals surface area contributed by atoms with E-state index in [-0.39, 0.29) is 0 Å². The highest BCUT2D eigenvalue weighted by Crippen LogP contribution is 2.32. The molecule has 0 saturated heterocycles. The largest absolute Gasteiger partial charge is 0.416 e. The van der Waals surface area contributed by atoms with Crippen LogP contribution in [0.1, 0.15) is 22.7 Å². The highest BCUT2D eigenvalue weighted by molar-refractivity contribution is 5.51. The number of nitrogens with two attached hydrogens (primary N) is 2. The maximum atomic E-state index is 12.7. The number of hydrogen-bond acceptors (Lipinski definition) is 3. The quantitative estimate of drug-likeness (QED) is 0.460. The number of anilines is 1. The molecule has 0 spiro atoms. The summed E-state index contributed by atoms with van der Waals surface area (Å²) in [7, 11) is 0. The lowest BCUT2D eigenvalue weighted by Crippen LogP contribution is -2.29. The third kappa shape index (κ3) is 2.92. The van der Waals surface area contributed by atoms with Crippen molar-refractivity contribution in [2.24, 2.45) is 5.84 Å². The number of benzene rings is 2. The molecule has 106 valence electrons. The van der Waals surface area contributed by atoms with E-state index in [9.17, 15) is 13.2 Å². The minimum absolute atomic E-state index is 0.403. The van der Waals surface area contributed by atoms with Crippen molar-refractivity contribution in [2.45, 2.75) is 12.2 Å². The van der Waals surface area contributed by atoms with Crippen LogP contribution in [0, 0.1) is 0 Å². The molecule has 0 heterocycles. The van der Waals surface area contributed by atoms with Crippen LogP contribution in [0.5, 0.6) is 0 Å². The molecule has 6 heteroatoms. The van der Waals surface area contributed by atoms with Crippen LogP contribution in [-0.2, 0) is 6.18 Å². The van der Waals surface area contributed by atoms with Crippen molar-refractivity contribution < 1.29 is 13.2 Å². The van der Waals surface area contributed by atoms with Crippen LogP contribution in [0.2, 0.25) is 0 Å². The fourth-order valence-corrected chi connectivity index (χ4v) is 2.03. The van der Waals surface area contributed by atoms with Gasteiger partial charge in [-0.2, -0.15) is 13.2 Å². The summed E-state index contributed by atoms with van der Waals surface area (Å²) in [6.45, 7) is 0. The normalized spacial score (nSPS) is 13.2. The maximum Gasteiger partial charge on any atom is 0.416 e. The van der Waals surface area contributed by atoms with E-state index in [1.807, 2.05) is 0 Å². The van der Waals surface area contributed by atoms with Crippen molar-refractivity contribution in [3.8, 4) is 0 Å². The molecule has 0 radical (unpaired) electrons. The van der Waals surface area contributed by atoms with Crippen LogP contribution >= 0.6 is 0 Å². The molecule has 20 heavy (non-hydrogen) atoms. The Morgan fingerprint density at radius 2 is 1.70 bits per heavy atom. The van der Waals surface area contributed by atoms with Gasteiger partial charge >= 0.3 is 6.18 Å². The summed E-state index contributed by atoms with van der Waals surface area (Å²) in [6, 6.07) is 11.3. The Hall–Kier alpha value is -2.05. The second-order valence-electron chi connectivity index (χ2n) is 4.35. The number of alkyl halides is 3. The number of rotatable bonds is 3. The second kappa shape index (κ2) is 5.52. The first-order valence-corrected chi connectivity index (χ1v) is 5.91. The summed E-state index contributed by atoms with van der Waals surface area (Å²) >= 11 is 0. The van der Waals surface area contributed by atoms with Gasteiger partial charge in [0.2, 0.25) is 0 Å². The summed E-state index contributed by atoms with van der Waals surface area (Å²) in [4.78, 5) is 0. The zero-order valence-corrected chi connectivity index (χ0v) is 10.5.